The zero-order valence-electron chi connectivity index (χ0n) is 11.7. The standard InChI is InChI=1S/C14H22N2O2S/c1-4-5-11-8-12(11)16-19(17,18)14-10(3)7-6-9(2)13(14)15/h6-7,11-12,16H,4-5,8,15H2,1-3H3. The Morgan fingerprint density at radius 2 is 1.95 bits per heavy atom. The number of rotatable bonds is 5. The number of aryl methyl sites for hydroxylation is 2. The molecule has 1 fully saturated rings. The Hall–Kier alpha value is -1.07. The summed E-state index contributed by atoms with van der Waals surface area (Å²) < 4.78 is 27.7. The van der Waals surface area contributed by atoms with Crippen LogP contribution >= 0.6 is 0 Å². The fraction of sp³-hybridized carbons (Fsp3) is 0.571. The lowest BCUT2D eigenvalue weighted by Gasteiger charge is -2.13. The first kappa shape index (κ1) is 14.3. The maximum absolute atomic E-state index is 12.4. The van der Waals surface area contributed by atoms with Gasteiger partial charge in [0.05, 0.1) is 5.69 Å². The summed E-state index contributed by atoms with van der Waals surface area (Å²) in [5, 5.41) is 0. The molecule has 0 bridgehead atoms. The minimum atomic E-state index is -3.51. The van der Waals surface area contributed by atoms with Gasteiger partial charge in [-0.1, -0.05) is 25.5 Å². The van der Waals surface area contributed by atoms with Gasteiger partial charge in [-0.3, -0.25) is 0 Å². The molecule has 0 aliphatic heterocycles. The molecule has 0 saturated heterocycles. The van der Waals surface area contributed by atoms with Gasteiger partial charge in [0, 0.05) is 6.04 Å². The molecule has 0 radical (unpaired) electrons. The van der Waals surface area contributed by atoms with Crippen LogP contribution in [-0.4, -0.2) is 14.5 Å². The van der Waals surface area contributed by atoms with Crippen LogP contribution in [0.1, 0.15) is 37.3 Å². The summed E-state index contributed by atoms with van der Waals surface area (Å²) in [5.41, 5.74) is 7.80. The van der Waals surface area contributed by atoms with E-state index < -0.39 is 10.0 Å². The second kappa shape index (κ2) is 5.13. The third-order valence-electron chi connectivity index (χ3n) is 3.77. The van der Waals surface area contributed by atoms with Gasteiger partial charge in [-0.25, -0.2) is 13.1 Å². The quantitative estimate of drug-likeness (QED) is 0.814. The monoisotopic (exact) mass is 282 g/mol. The van der Waals surface area contributed by atoms with Crippen molar-refractivity contribution in [1.82, 2.24) is 4.72 Å². The lowest BCUT2D eigenvalue weighted by Crippen LogP contribution is -2.28. The molecule has 3 N–H and O–H groups in total. The zero-order chi connectivity index (χ0) is 14.2. The van der Waals surface area contributed by atoms with Crippen LogP contribution in [0.3, 0.4) is 0 Å². The molecule has 0 spiro atoms. The Labute approximate surface area is 115 Å². The van der Waals surface area contributed by atoms with Crippen molar-refractivity contribution >= 4 is 15.7 Å². The first-order valence-corrected chi connectivity index (χ1v) is 8.23. The van der Waals surface area contributed by atoms with Gasteiger partial charge in [0.15, 0.2) is 0 Å². The molecule has 0 amide bonds. The molecule has 2 unspecified atom stereocenters. The molecule has 1 saturated carbocycles. The molecule has 0 aromatic heterocycles. The molecule has 5 heteroatoms. The largest absolute Gasteiger partial charge is 0.397 e. The smallest absolute Gasteiger partial charge is 0.243 e. The Morgan fingerprint density at radius 3 is 2.58 bits per heavy atom. The van der Waals surface area contributed by atoms with Crippen molar-refractivity contribution in [2.45, 2.75) is 51.0 Å². The second-order valence-corrected chi connectivity index (χ2v) is 7.11. The van der Waals surface area contributed by atoms with E-state index >= 15 is 0 Å². The van der Waals surface area contributed by atoms with E-state index in [0.717, 1.165) is 24.8 Å². The van der Waals surface area contributed by atoms with Gasteiger partial charge in [-0.2, -0.15) is 0 Å². The van der Waals surface area contributed by atoms with Crippen molar-refractivity contribution in [3.8, 4) is 0 Å². The van der Waals surface area contributed by atoms with Crippen molar-refractivity contribution in [2.24, 2.45) is 5.92 Å². The first-order valence-electron chi connectivity index (χ1n) is 6.74. The minimum Gasteiger partial charge on any atom is -0.397 e. The Morgan fingerprint density at radius 1 is 1.32 bits per heavy atom. The summed E-state index contributed by atoms with van der Waals surface area (Å²) in [6.07, 6.45) is 3.11. The number of nitrogen functional groups attached to an aromatic ring is 1. The summed E-state index contributed by atoms with van der Waals surface area (Å²) in [6, 6.07) is 3.74. The number of nitrogens with two attached hydrogens (primary N) is 1. The number of hydrogen-bond donors (Lipinski definition) is 2. The molecule has 1 aromatic carbocycles. The van der Waals surface area contributed by atoms with Crippen LogP contribution < -0.4 is 10.5 Å². The summed E-state index contributed by atoms with van der Waals surface area (Å²) in [6.45, 7) is 5.72. The van der Waals surface area contributed by atoms with Crippen LogP contribution in [-0.2, 0) is 10.0 Å². The van der Waals surface area contributed by atoms with Crippen LogP contribution in [0.25, 0.3) is 0 Å². The Balaban J connectivity index is 2.24. The lowest BCUT2D eigenvalue weighted by molar-refractivity contribution is 0.573. The predicted molar refractivity (Wildman–Crippen MR) is 77.5 cm³/mol. The highest BCUT2D eigenvalue weighted by atomic mass is 32.2. The van der Waals surface area contributed by atoms with E-state index in [9.17, 15) is 8.42 Å². The van der Waals surface area contributed by atoms with Gasteiger partial charge in [0.25, 0.3) is 0 Å². The van der Waals surface area contributed by atoms with E-state index in [2.05, 4.69) is 11.6 Å². The molecule has 19 heavy (non-hydrogen) atoms. The fourth-order valence-corrected chi connectivity index (χ4v) is 4.25. The molecule has 2 atom stereocenters. The number of hydrogen-bond acceptors (Lipinski definition) is 3. The van der Waals surface area contributed by atoms with E-state index in [1.807, 2.05) is 13.0 Å². The summed E-state index contributed by atoms with van der Waals surface area (Å²) in [4.78, 5) is 0.245. The molecule has 1 aliphatic rings. The highest BCUT2D eigenvalue weighted by molar-refractivity contribution is 7.89. The maximum Gasteiger partial charge on any atom is 0.243 e. The number of benzene rings is 1. The maximum atomic E-state index is 12.4. The second-order valence-electron chi connectivity index (χ2n) is 5.45. The van der Waals surface area contributed by atoms with Crippen LogP contribution in [0.2, 0.25) is 0 Å². The minimum absolute atomic E-state index is 0.0873. The molecule has 1 aromatic rings. The van der Waals surface area contributed by atoms with Crippen molar-refractivity contribution in [1.29, 1.82) is 0 Å². The van der Waals surface area contributed by atoms with Gasteiger partial charge in [-0.15, -0.1) is 0 Å². The SMILES string of the molecule is CCCC1CC1NS(=O)(=O)c1c(C)ccc(C)c1N. The Kier molecular flexibility index (Phi) is 3.87. The van der Waals surface area contributed by atoms with Crippen molar-refractivity contribution < 1.29 is 8.42 Å². The number of anilines is 1. The molecule has 0 heterocycles. The van der Waals surface area contributed by atoms with E-state index in [1.165, 1.54) is 0 Å². The average Bonchev–Trinajstić information content (AvgIpc) is 3.01. The molecular formula is C14H22N2O2S. The number of nitrogens with one attached hydrogen (secondary N) is 1. The fourth-order valence-electron chi connectivity index (χ4n) is 2.50. The van der Waals surface area contributed by atoms with E-state index in [-0.39, 0.29) is 10.9 Å². The van der Waals surface area contributed by atoms with Crippen LogP contribution in [0.4, 0.5) is 5.69 Å². The third kappa shape index (κ3) is 2.92. The number of sulfonamides is 1. The summed E-state index contributed by atoms with van der Waals surface area (Å²) in [5.74, 6) is 0.492. The molecular weight excluding hydrogens is 260 g/mol. The highest BCUT2D eigenvalue weighted by Gasteiger charge is 2.39. The predicted octanol–water partition coefficient (Wildman–Crippen LogP) is 2.35. The van der Waals surface area contributed by atoms with Gasteiger partial charge in [-0.05, 0) is 43.7 Å². The Bertz CT molecular complexity index is 581. The van der Waals surface area contributed by atoms with E-state index in [0.29, 0.717) is 17.2 Å². The van der Waals surface area contributed by atoms with Crippen molar-refractivity contribution in [2.75, 3.05) is 5.73 Å². The summed E-state index contributed by atoms with van der Waals surface area (Å²) >= 11 is 0. The molecule has 106 valence electrons. The van der Waals surface area contributed by atoms with Gasteiger partial charge >= 0.3 is 0 Å². The topological polar surface area (TPSA) is 72.2 Å². The van der Waals surface area contributed by atoms with Crippen LogP contribution in [0, 0.1) is 19.8 Å². The highest BCUT2D eigenvalue weighted by Crippen LogP contribution is 2.36. The van der Waals surface area contributed by atoms with Gasteiger partial charge < -0.3 is 5.73 Å². The lowest BCUT2D eigenvalue weighted by atomic mass is 10.1. The average molecular weight is 282 g/mol. The molecule has 4 nitrogen and oxygen atoms in total. The molecule has 1 aliphatic carbocycles. The van der Waals surface area contributed by atoms with Crippen molar-refractivity contribution in [3.63, 3.8) is 0 Å². The van der Waals surface area contributed by atoms with E-state index in [1.54, 1.807) is 13.0 Å². The first-order chi connectivity index (χ1) is 8.86. The van der Waals surface area contributed by atoms with Crippen LogP contribution in [0.5, 0.6) is 0 Å². The molecule has 2 rings (SSSR count). The van der Waals surface area contributed by atoms with Gasteiger partial charge in [0.1, 0.15) is 4.90 Å². The normalized spacial score (nSPS) is 22.5. The van der Waals surface area contributed by atoms with Crippen molar-refractivity contribution in [3.05, 3.63) is 23.3 Å². The zero-order valence-corrected chi connectivity index (χ0v) is 12.5. The summed E-state index contributed by atoms with van der Waals surface area (Å²) in [7, 11) is -3.51. The van der Waals surface area contributed by atoms with E-state index in [4.69, 9.17) is 5.73 Å². The third-order valence-corrected chi connectivity index (χ3v) is 5.46. The van der Waals surface area contributed by atoms with Crippen LogP contribution in [0.15, 0.2) is 17.0 Å². The van der Waals surface area contributed by atoms with Gasteiger partial charge in [0.2, 0.25) is 10.0 Å².